The zero-order chi connectivity index (χ0) is 10.7. The number of hydrogen-bond donors (Lipinski definition) is 3. The maximum absolute atomic E-state index is 5.57. The molecule has 1 aliphatic heterocycles. The van der Waals surface area contributed by atoms with E-state index in [1.165, 1.54) is 17.9 Å². The Kier molecular flexibility index (Phi) is 3.15. The molecule has 15 heavy (non-hydrogen) atoms. The summed E-state index contributed by atoms with van der Waals surface area (Å²) in [5, 5.41) is 3.24. The lowest BCUT2D eigenvalue weighted by Gasteiger charge is -2.10. The molecule has 2 heterocycles. The van der Waals surface area contributed by atoms with Gasteiger partial charge in [-0.3, -0.25) is 0 Å². The second kappa shape index (κ2) is 4.57. The Balaban J connectivity index is 1.92. The van der Waals surface area contributed by atoms with Crippen molar-refractivity contribution in [2.24, 2.45) is 5.92 Å². The summed E-state index contributed by atoms with van der Waals surface area (Å²) < 4.78 is 0. The summed E-state index contributed by atoms with van der Waals surface area (Å²) in [5.74, 6) is 4.57. The van der Waals surface area contributed by atoms with Crippen molar-refractivity contribution in [1.29, 1.82) is 0 Å². The van der Waals surface area contributed by atoms with Crippen LogP contribution in [0.3, 0.4) is 0 Å². The van der Waals surface area contributed by atoms with Gasteiger partial charge in [-0.25, -0.2) is 0 Å². The van der Waals surface area contributed by atoms with Gasteiger partial charge in [0.05, 0.1) is 0 Å². The SMILES string of the molecule is Nc1cc(NCC2CCSC2)nc(N)n1. The lowest BCUT2D eigenvalue weighted by molar-refractivity contribution is 0.630. The molecule has 0 aliphatic carbocycles. The monoisotopic (exact) mass is 225 g/mol. The maximum Gasteiger partial charge on any atom is 0.223 e. The van der Waals surface area contributed by atoms with E-state index >= 15 is 0 Å². The van der Waals surface area contributed by atoms with Crippen LogP contribution >= 0.6 is 11.8 Å². The van der Waals surface area contributed by atoms with E-state index in [0.29, 0.717) is 5.82 Å². The van der Waals surface area contributed by atoms with Crippen LogP contribution in [0.15, 0.2) is 6.07 Å². The van der Waals surface area contributed by atoms with Crippen LogP contribution in [0.25, 0.3) is 0 Å². The zero-order valence-corrected chi connectivity index (χ0v) is 9.26. The number of nitrogen functional groups attached to an aromatic ring is 2. The second-order valence-corrected chi connectivity index (χ2v) is 4.80. The molecule has 5 N–H and O–H groups in total. The molecular formula is C9H15N5S. The van der Waals surface area contributed by atoms with Crippen molar-refractivity contribution in [1.82, 2.24) is 9.97 Å². The quantitative estimate of drug-likeness (QED) is 0.705. The van der Waals surface area contributed by atoms with Gasteiger partial charge in [0, 0.05) is 12.6 Å². The fourth-order valence-corrected chi connectivity index (χ4v) is 2.85. The molecule has 1 aromatic rings. The van der Waals surface area contributed by atoms with Crippen molar-refractivity contribution in [3.8, 4) is 0 Å². The van der Waals surface area contributed by atoms with Crippen LogP contribution in [0.1, 0.15) is 6.42 Å². The summed E-state index contributed by atoms with van der Waals surface area (Å²) in [7, 11) is 0. The highest BCUT2D eigenvalue weighted by atomic mass is 32.2. The average molecular weight is 225 g/mol. The molecule has 5 nitrogen and oxygen atoms in total. The Morgan fingerprint density at radius 3 is 3.00 bits per heavy atom. The van der Waals surface area contributed by atoms with Crippen LogP contribution in [0.5, 0.6) is 0 Å². The van der Waals surface area contributed by atoms with E-state index in [-0.39, 0.29) is 5.95 Å². The number of rotatable bonds is 3. The molecule has 2 rings (SSSR count). The lowest BCUT2D eigenvalue weighted by Crippen LogP contribution is -2.15. The topological polar surface area (TPSA) is 89.8 Å². The molecule has 82 valence electrons. The summed E-state index contributed by atoms with van der Waals surface area (Å²) in [4.78, 5) is 7.88. The van der Waals surface area contributed by atoms with Crippen molar-refractivity contribution in [3.63, 3.8) is 0 Å². The minimum absolute atomic E-state index is 0.221. The van der Waals surface area contributed by atoms with Gasteiger partial charge in [0.1, 0.15) is 11.6 Å². The van der Waals surface area contributed by atoms with Crippen molar-refractivity contribution in [3.05, 3.63) is 6.07 Å². The maximum atomic E-state index is 5.57. The molecule has 0 aromatic carbocycles. The van der Waals surface area contributed by atoms with Crippen LogP contribution in [-0.2, 0) is 0 Å². The standard InChI is InChI=1S/C9H15N5S/c10-7-3-8(14-9(11)13-7)12-4-6-1-2-15-5-6/h3,6H,1-2,4-5H2,(H5,10,11,12,13,14). The molecule has 6 heteroatoms. The van der Waals surface area contributed by atoms with Gasteiger partial charge < -0.3 is 16.8 Å². The number of nitrogens with one attached hydrogen (secondary N) is 1. The molecule has 1 fully saturated rings. The van der Waals surface area contributed by atoms with Crippen molar-refractivity contribution < 1.29 is 0 Å². The van der Waals surface area contributed by atoms with Crippen LogP contribution in [0.4, 0.5) is 17.6 Å². The van der Waals surface area contributed by atoms with Gasteiger partial charge in [0.2, 0.25) is 5.95 Å². The normalized spacial score (nSPS) is 20.4. The Morgan fingerprint density at radius 2 is 2.33 bits per heavy atom. The van der Waals surface area contributed by atoms with Gasteiger partial charge in [-0.05, 0) is 23.8 Å². The van der Waals surface area contributed by atoms with Crippen molar-refractivity contribution in [2.75, 3.05) is 34.8 Å². The van der Waals surface area contributed by atoms with E-state index in [4.69, 9.17) is 11.5 Å². The number of anilines is 3. The minimum atomic E-state index is 0.221. The number of hydrogen-bond acceptors (Lipinski definition) is 6. The van der Waals surface area contributed by atoms with Crippen molar-refractivity contribution in [2.45, 2.75) is 6.42 Å². The number of nitrogens with zero attached hydrogens (tertiary/aromatic N) is 2. The van der Waals surface area contributed by atoms with Crippen molar-refractivity contribution >= 4 is 29.3 Å². The molecule has 1 saturated heterocycles. The van der Waals surface area contributed by atoms with E-state index in [1.807, 2.05) is 11.8 Å². The molecule has 1 unspecified atom stereocenters. The summed E-state index contributed by atoms with van der Waals surface area (Å²) in [6, 6.07) is 1.71. The van der Waals surface area contributed by atoms with Gasteiger partial charge in [0.25, 0.3) is 0 Å². The molecule has 0 radical (unpaired) electrons. The highest BCUT2D eigenvalue weighted by Crippen LogP contribution is 2.23. The predicted molar refractivity (Wildman–Crippen MR) is 64.8 cm³/mol. The first-order valence-electron chi connectivity index (χ1n) is 4.95. The third-order valence-corrected chi connectivity index (χ3v) is 3.59. The largest absolute Gasteiger partial charge is 0.383 e. The molecule has 0 saturated carbocycles. The third-order valence-electron chi connectivity index (χ3n) is 2.36. The summed E-state index contributed by atoms with van der Waals surface area (Å²) >= 11 is 2.00. The molecule has 1 aliphatic rings. The summed E-state index contributed by atoms with van der Waals surface area (Å²) in [6.45, 7) is 0.933. The molecule has 0 amide bonds. The van der Waals surface area contributed by atoms with Gasteiger partial charge in [-0.15, -0.1) is 0 Å². The average Bonchev–Trinajstić information content (AvgIpc) is 2.65. The fraction of sp³-hybridized carbons (Fsp3) is 0.556. The van der Waals surface area contributed by atoms with Gasteiger partial charge >= 0.3 is 0 Å². The van der Waals surface area contributed by atoms with Crippen LogP contribution in [0.2, 0.25) is 0 Å². The zero-order valence-electron chi connectivity index (χ0n) is 8.44. The van der Waals surface area contributed by atoms with E-state index in [2.05, 4.69) is 15.3 Å². The number of nitrogens with two attached hydrogens (primary N) is 2. The first kappa shape index (κ1) is 10.4. The van der Waals surface area contributed by atoms with Crippen LogP contribution < -0.4 is 16.8 Å². The fourth-order valence-electron chi connectivity index (χ4n) is 1.57. The van der Waals surface area contributed by atoms with Gasteiger partial charge in [0.15, 0.2) is 0 Å². The molecular weight excluding hydrogens is 210 g/mol. The van der Waals surface area contributed by atoms with E-state index in [1.54, 1.807) is 6.07 Å². The summed E-state index contributed by atoms with van der Waals surface area (Å²) in [6.07, 6.45) is 1.27. The first-order chi connectivity index (χ1) is 7.24. The molecule has 0 spiro atoms. The molecule has 1 aromatic heterocycles. The lowest BCUT2D eigenvalue weighted by atomic mass is 10.1. The summed E-state index contributed by atoms with van der Waals surface area (Å²) in [5.41, 5.74) is 11.1. The smallest absolute Gasteiger partial charge is 0.223 e. The third kappa shape index (κ3) is 2.89. The van der Waals surface area contributed by atoms with Crippen LogP contribution in [0, 0.1) is 5.92 Å². The Bertz CT molecular complexity index is 317. The minimum Gasteiger partial charge on any atom is -0.383 e. The Hall–Kier alpha value is -1.17. The van der Waals surface area contributed by atoms with E-state index in [0.717, 1.165) is 18.3 Å². The van der Waals surface area contributed by atoms with E-state index in [9.17, 15) is 0 Å². The van der Waals surface area contributed by atoms with Crippen LogP contribution in [-0.4, -0.2) is 28.0 Å². The second-order valence-electron chi connectivity index (χ2n) is 3.65. The number of thioether (sulfide) groups is 1. The Morgan fingerprint density at radius 1 is 1.47 bits per heavy atom. The molecule has 1 atom stereocenters. The first-order valence-corrected chi connectivity index (χ1v) is 6.11. The van der Waals surface area contributed by atoms with Gasteiger partial charge in [-0.1, -0.05) is 0 Å². The van der Waals surface area contributed by atoms with Gasteiger partial charge in [-0.2, -0.15) is 21.7 Å². The predicted octanol–water partition coefficient (Wildman–Crippen LogP) is 0.806. The molecule has 0 bridgehead atoms. The highest BCUT2D eigenvalue weighted by Gasteiger charge is 2.15. The highest BCUT2D eigenvalue weighted by molar-refractivity contribution is 7.99. The number of aromatic nitrogens is 2. The van der Waals surface area contributed by atoms with E-state index < -0.39 is 0 Å². The Labute approximate surface area is 93.0 Å².